The van der Waals surface area contributed by atoms with Crippen LogP contribution in [0.3, 0.4) is 0 Å². The van der Waals surface area contributed by atoms with Crippen LogP contribution in [0.4, 0.5) is 11.4 Å². The van der Waals surface area contributed by atoms with Crippen LogP contribution < -0.4 is 9.96 Å². The topological polar surface area (TPSA) is 49.9 Å². The summed E-state index contributed by atoms with van der Waals surface area (Å²) in [6, 6.07) is 37.5. The van der Waals surface area contributed by atoms with Crippen molar-refractivity contribution in [3.63, 3.8) is 0 Å². The van der Waals surface area contributed by atoms with E-state index in [1.165, 1.54) is 4.90 Å². The average molecular weight is 447 g/mol. The summed E-state index contributed by atoms with van der Waals surface area (Å²) in [6.45, 7) is 0. The molecule has 2 aliphatic heterocycles. The van der Waals surface area contributed by atoms with Gasteiger partial charge in [-0.25, -0.2) is 9.96 Å². The first-order chi connectivity index (χ1) is 16.7. The summed E-state index contributed by atoms with van der Waals surface area (Å²) in [6.07, 6.45) is -1.01. The maximum atomic E-state index is 14.5. The summed E-state index contributed by atoms with van der Waals surface area (Å²) in [7, 11) is 0. The van der Waals surface area contributed by atoms with Crippen molar-refractivity contribution in [2.24, 2.45) is 0 Å². The third-order valence-corrected chi connectivity index (χ3v) is 6.69. The summed E-state index contributed by atoms with van der Waals surface area (Å²) in [5.41, 5.74) is 1.72. The van der Waals surface area contributed by atoms with E-state index >= 15 is 0 Å². The second kappa shape index (κ2) is 7.97. The molecule has 2 heterocycles. The van der Waals surface area contributed by atoms with Crippen LogP contribution in [0.15, 0.2) is 121 Å². The third-order valence-electron chi connectivity index (χ3n) is 6.69. The number of benzene rings is 4. The van der Waals surface area contributed by atoms with E-state index < -0.39 is 17.6 Å². The van der Waals surface area contributed by atoms with Gasteiger partial charge in [-0.2, -0.15) is 0 Å². The summed E-state index contributed by atoms with van der Waals surface area (Å²) in [4.78, 5) is 36.1. The van der Waals surface area contributed by atoms with E-state index in [1.54, 1.807) is 17.2 Å². The summed E-state index contributed by atoms with van der Waals surface area (Å²) >= 11 is 0. The number of imide groups is 1. The highest BCUT2D eigenvalue weighted by atomic mass is 16.7. The van der Waals surface area contributed by atoms with Gasteiger partial charge in [-0.1, -0.05) is 97.1 Å². The number of rotatable bonds is 4. The molecule has 5 heteroatoms. The fraction of sp³-hybridized carbons (Fsp3) is 0.103. The molecular formula is C29H22N2O3. The minimum Gasteiger partial charge on any atom is -0.273 e. The summed E-state index contributed by atoms with van der Waals surface area (Å²) < 4.78 is 0. The van der Waals surface area contributed by atoms with Crippen LogP contribution in [0.25, 0.3) is 0 Å². The smallest absolute Gasteiger partial charge is 0.267 e. The predicted molar refractivity (Wildman–Crippen MR) is 130 cm³/mol. The number of hydrogen-bond donors (Lipinski definition) is 0. The Morgan fingerprint density at radius 2 is 1.12 bits per heavy atom. The minimum absolute atomic E-state index is 0.285. The van der Waals surface area contributed by atoms with Crippen LogP contribution in [0.1, 0.15) is 17.2 Å². The predicted octanol–water partition coefficient (Wildman–Crippen LogP) is 5.06. The van der Waals surface area contributed by atoms with Crippen LogP contribution in [0, 0.1) is 0 Å². The Kier molecular flexibility index (Phi) is 4.78. The maximum Gasteiger partial charge on any atom is 0.267 e. The first kappa shape index (κ1) is 20.4. The lowest BCUT2D eigenvalue weighted by atomic mass is 9.69. The fourth-order valence-electron chi connectivity index (χ4n) is 5.24. The van der Waals surface area contributed by atoms with Gasteiger partial charge in [0.2, 0.25) is 5.91 Å². The van der Waals surface area contributed by atoms with E-state index in [-0.39, 0.29) is 11.8 Å². The molecule has 2 fully saturated rings. The first-order valence-electron chi connectivity index (χ1n) is 11.3. The molecule has 6 rings (SSSR count). The molecule has 0 radical (unpaired) electrons. The number of hydroxylamine groups is 1. The van der Waals surface area contributed by atoms with Gasteiger partial charge in [-0.15, -0.1) is 0 Å². The van der Waals surface area contributed by atoms with Gasteiger partial charge in [-0.3, -0.25) is 14.4 Å². The van der Waals surface area contributed by atoms with Gasteiger partial charge in [0, 0.05) is 0 Å². The monoisotopic (exact) mass is 446 g/mol. The van der Waals surface area contributed by atoms with Crippen LogP contribution in [0.2, 0.25) is 0 Å². The van der Waals surface area contributed by atoms with Gasteiger partial charge in [0.15, 0.2) is 6.10 Å². The molecule has 0 bridgehead atoms. The van der Waals surface area contributed by atoms with Crippen LogP contribution in [-0.2, 0) is 19.8 Å². The molecule has 166 valence electrons. The number of amides is 2. The molecule has 4 aromatic rings. The van der Waals surface area contributed by atoms with Gasteiger partial charge in [-0.05, 0) is 35.4 Å². The highest BCUT2D eigenvalue weighted by molar-refractivity contribution is 6.28. The molecule has 0 aliphatic carbocycles. The van der Waals surface area contributed by atoms with Crippen molar-refractivity contribution in [2.45, 2.75) is 17.6 Å². The Balaban J connectivity index is 1.62. The van der Waals surface area contributed by atoms with Crippen LogP contribution in [0.5, 0.6) is 0 Å². The van der Waals surface area contributed by atoms with E-state index in [2.05, 4.69) is 0 Å². The average Bonchev–Trinajstić information content (AvgIpc) is 3.37. The second-order valence-corrected chi connectivity index (χ2v) is 8.51. The Bertz CT molecular complexity index is 1330. The number of nitrogens with zero attached hydrogens (tertiary/aromatic N) is 2. The Labute approximate surface area is 197 Å². The lowest BCUT2D eigenvalue weighted by Gasteiger charge is -2.35. The second-order valence-electron chi connectivity index (χ2n) is 8.51. The number of fused-ring (bicyclic) bond motifs is 1. The van der Waals surface area contributed by atoms with E-state index in [4.69, 9.17) is 4.84 Å². The van der Waals surface area contributed by atoms with Crippen molar-refractivity contribution in [2.75, 3.05) is 9.96 Å². The number of anilines is 2. The quantitative estimate of drug-likeness (QED) is 0.411. The van der Waals surface area contributed by atoms with E-state index in [1.807, 2.05) is 109 Å². The number of carbonyl (C=O) groups excluding carboxylic acids is 2. The molecule has 2 amide bonds. The van der Waals surface area contributed by atoms with E-state index in [9.17, 15) is 9.59 Å². The number of para-hydroxylation sites is 2. The highest BCUT2D eigenvalue weighted by Gasteiger charge is 2.72. The molecule has 0 unspecified atom stereocenters. The fourth-order valence-corrected chi connectivity index (χ4v) is 5.24. The van der Waals surface area contributed by atoms with Crippen LogP contribution >= 0.6 is 0 Å². The summed E-state index contributed by atoms with van der Waals surface area (Å²) in [5, 5.41) is 1.74. The molecule has 2 saturated heterocycles. The molecule has 34 heavy (non-hydrogen) atoms. The lowest BCUT2D eigenvalue weighted by molar-refractivity contribution is -0.126. The first-order valence-corrected chi connectivity index (χ1v) is 11.3. The van der Waals surface area contributed by atoms with Gasteiger partial charge < -0.3 is 0 Å². The van der Waals surface area contributed by atoms with E-state index in [0.29, 0.717) is 5.69 Å². The molecule has 0 N–H and O–H groups in total. The van der Waals surface area contributed by atoms with Crippen molar-refractivity contribution in [3.8, 4) is 0 Å². The van der Waals surface area contributed by atoms with Gasteiger partial charge in [0.25, 0.3) is 5.91 Å². The van der Waals surface area contributed by atoms with Crippen molar-refractivity contribution >= 4 is 23.2 Å². The zero-order valence-electron chi connectivity index (χ0n) is 18.3. The molecule has 4 aromatic carbocycles. The zero-order valence-corrected chi connectivity index (χ0v) is 18.3. The maximum absolute atomic E-state index is 14.5. The zero-order chi connectivity index (χ0) is 23.1. The van der Waals surface area contributed by atoms with Crippen molar-refractivity contribution in [1.82, 2.24) is 0 Å². The van der Waals surface area contributed by atoms with Gasteiger partial charge in [0.1, 0.15) is 11.5 Å². The minimum atomic E-state index is -1.26. The number of hydrogen-bond acceptors (Lipinski definition) is 4. The van der Waals surface area contributed by atoms with Crippen LogP contribution in [-0.4, -0.2) is 17.9 Å². The summed E-state index contributed by atoms with van der Waals surface area (Å²) in [5.74, 6) is -0.647. The van der Waals surface area contributed by atoms with Crippen molar-refractivity contribution in [1.29, 1.82) is 0 Å². The molecule has 5 nitrogen and oxygen atoms in total. The molecule has 0 saturated carbocycles. The molecule has 3 atom stereocenters. The Morgan fingerprint density at radius 1 is 0.618 bits per heavy atom. The van der Waals surface area contributed by atoms with Gasteiger partial charge >= 0.3 is 0 Å². The third kappa shape index (κ3) is 2.84. The Hall–Kier alpha value is -4.22. The van der Waals surface area contributed by atoms with Crippen molar-refractivity contribution in [3.05, 3.63) is 132 Å². The molecule has 2 aliphatic rings. The van der Waals surface area contributed by atoms with E-state index in [0.717, 1.165) is 16.8 Å². The molecule has 0 spiro atoms. The SMILES string of the molecule is O=C1[C@H]2ON(c3ccccc3)[C@@H](c3ccccc3)[C@@]2(c2ccccc2)C(=O)N1c1ccccc1. The largest absolute Gasteiger partial charge is 0.273 e. The lowest BCUT2D eigenvalue weighted by Crippen LogP contribution is -2.46. The normalized spacial score (nSPS) is 23.9. The van der Waals surface area contributed by atoms with Crippen molar-refractivity contribution < 1.29 is 14.4 Å². The molecular weight excluding hydrogens is 424 g/mol. The molecule has 0 aromatic heterocycles. The highest BCUT2D eigenvalue weighted by Crippen LogP contribution is 2.57. The Morgan fingerprint density at radius 3 is 1.71 bits per heavy atom. The number of carbonyl (C=O) groups is 2. The van der Waals surface area contributed by atoms with Gasteiger partial charge in [0.05, 0.1) is 11.4 Å². The standard InChI is InChI=1S/C29H22N2O3/c32-27-26-29(22-15-7-2-8-16-22,28(33)30(27)23-17-9-3-10-18-23)25(21-13-5-1-6-14-21)31(34-26)24-19-11-4-12-20-24/h1-20,25-26H/t25-,26+,29+/m0/s1.